The first-order valence-electron chi connectivity index (χ1n) is 6.43. The minimum atomic E-state index is -0.988. The van der Waals surface area contributed by atoms with E-state index in [4.69, 9.17) is 16.7 Å². The summed E-state index contributed by atoms with van der Waals surface area (Å²) in [4.78, 5) is 15.5. The van der Waals surface area contributed by atoms with Crippen molar-refractivity contribution in [1.29, 1.82) is 0 Å². The molecule has 104 valence electrons. The Hall–Kier alpha value is -1.26. The molecule has 1 aliphatic heterocycles. The van der Waals surface area contributed by atoms with Crippen LogP contribution in [0.3, 0.4) is 0 Å². The topological polar surface area (TPSA) is 43.8 Å². The molecule has 0 radical (unpaired) electrons. The normalized spacial score (nSPS) is 17.4. The molecule has 1 heterocycles. The molecule has 0 atom stereocenters. The second-order valence-corrected chi connectivity index (χ2v) is 5.52. The number of carbonyl (C=O) groups is 1. The zero-order valence-corrected chi connectivity index (χ0v) is 12.0. The van der Waals surface area contributed by atoms with Crippen molar-refractivity contribution in [1.82, 2.24) is 4.90 Å². The van der Waals surface area contributed by atoms with Gasteiger partial charge in [0.15, 0.2) is 0 Å². The van der Waals surface area contributed by atoms with E-state index in [2.05, 4.69) is 16.8 Å². The summed E-state index contributed by atoms with van der Waals surface area (Å²) in [5.41, 5.74) is 1.13. The van der Waals surface area contributed by atoms with Gasteiger partial charge in [0.1, 0.15) is 0 Å². The largest absolute Gasteiger partial charge is 0.478 e. The number of anilines is 1. The van der Waals surface area contributed by atoms with Gasteiger partial charge in [-0.15, -0.1) is 0 Å². The van der Waals surface area contributed by atoms with Crippen LogP contribution in [0.4, 0.5) is 5.69 Å². The van der Waals surface area contributed by atoms with E-state index in [1.165, 1.54) is 0 Å². The lowest BCUT2D eigenvalue weighted by atomic mass is 10.0. The molecule has 1 fully saturated rings. The van der Waals surface area contributed by atoms with Gasteiger partial charge in [0, 0.05) is 18.8 Å². The molecule has 4 nitrogen and oxygen atoms in total. The highest BCUT2D eigenvalue weighted by Gasteiger charge is 2.21. The van der Waals surface area contributed by atoms with Crippen molar-refractivity contribution in [3.05, 3.63) is 28.8 Å². The minimum Gasteiger partial charge on any atom is -0.478 e. The number of hydrogen-bond acceptors (Lipinski definition) is 3. The number of carboxylic acids is 1. The minimum absolute atomic E-state index is 0.155. The van der Waals surface area contributed by atoms with Gasteiger partial charge in [-0.25, -0.2) is 4.79 Å². The summed E-state index contributed by atoms with van der Waals surface area (Å²) in [6, 6.07) is 5.63. The predicted octanol–water partition coefficient (Wildman–Crippen LogP) is 2.57. The maximum atomic E-state index is 10.9. The average molecular weight is 283 g/mol. The van der Waals surface area contributed by atoms with Gasteiger partial charge in [-0.2, -0.15) is 0 Å². The van der Waals surface area contributed by atoms with Crippen LogP contribution in [0.5, 0.6) is 0 Å². The van der Waals surface area contributed by atoms with E-state index >= 15 is 0 Å². The first-order valence-corrected chi connectivity index (χ1v) is 6.81. The first-order chi connectivity index (χ1) is 8.99. The Morgan fingerprint density at radius 1 is 1.42 bits per heavy atom. The molecule has 0 amide bonds. The van der Waals surface area contributed by atoms with E-state index in [0.717, 1.165) is 31.6 Å². The van der Waals surface area contributed by atoms with Crippen LogP contribution in [-0.2, 0) is 0 Å². The van der Waals surface area contributed by atoms with Crippen molar-refractivity contribution in [2.75, 3.05) is 32.1 Å². The number of rotatable bonds is 3. The molecule has 0 spiro atoms. The van der Waals surface area contributed by atoms with Crippen molar-refractivity contribution in [3.63, 3.8) is 0 Å². The number of halogens is 1. The standard InChI is InChI=1S/C14H19ClN2O2/c1-16-7-5-10(6-8-16)17(2)11-3-4-12(14(18)19)13(15)9-11/h3-4,9-10H,5-8H2,1-2H3,(H,18,19). The second kappa shape index (κ2) is 5.80. The van der Waals surface area contributed by atoms with Crippen LogP contribution in [0.15, 0.2) is 18.2 Å². The maximum absolute atomic E-state index is 10.9. The van der Waals surface area contributed by atoms with E-state index in [1.54, 1.807) is 12.1 Å². The Kier molecular flexibility index (Phi) is 4.32. The van der Waals surface area contributed by atoms with Gasteiger partial charge >= 0.3 is 5.97 Å². The molecular formula is C14H19ClN2O2. The molecule has 1 aromatic rings. The lowest BCUT2D eigenvalue weighted by molar-refractivity contribution is 0.0697. The fourth-order valence-electron chi connectivity index (χ4n) is 2.49. The molecule has 5 heteroatoms. The van der Waals surface area contributed by atoms with Gasteiger partial charge in [-0.05, 0) is 51.2 Å². The predicted molar refractivity (Wildman–Crippen MR) is 77.3 cm³/mol. The Balaban J connectivity index is 2.13. The van der Waals surface area contributed by atoms with Crippen molar-refractivity contribution in [2.45, 2.75) is 18.9 Å². The van der Waals surface area contributed by atoms with Crippen LogP contribution < -0.4 is 4.90 Å². The SMILES string of the molecule is CN1CCC(N(C)c2ccc(C(=O)O)c(Cl)c2)CC1. The molecule has 1 N–H and O–H groups in total. The number of aromatic carboxylic acids is 1. The Labute approximate surface area is 118 Å². The summed E-state index contributed by atoms with van der Waals surface area (Å²) in [5.74, 6) is -0.988. The smallest absolute Gasteiger partial charge is 0.337 e. The molecule has 0 unspecified atom stereocenters. The van der Waals surface area contributed by atoms with E-state index < -0.39 is 5.97 Å². The third kappa shape index (κ3) is 3.19. The maximum Gasteiger partial charge on any atom is 0.337 e. The van der Waals surface area contributed by atoms with Crippen LogP contribution in [0.2, 0.25) is 5.02 Å². The number of benzene rings is 1. The quantitative estimate of drug-likeness (QED) is 0.925. The first kappa shape index (κ1) is 14.2. The van der Waals surface area contributed by atoms with Crippen LogP contribution in [0.1, 0.15) is 23.2 Å². The van der Waals surface area contributed by atoms with Gasteiger partial charge in [0.2, 0.25) is 0 Å². The molecule has 0 saturated carbocycles. The molecule has 0 aromatic heterocycles. The Morgan fingerprint density at radius 2 is 2.05 bits per heavy atom. The lowest BCUT2D eigenvalue weighted by Crippen LogP contribution is -2.42. The summed E-state index contributed by atoms with van der Waals surface area (Å²) >= 11 is 6.01. The lowest BCUT2D eigenvalue weighted by Gasteiger charge is -2.36. The van der Waals surface area contributed by atoms with Gasteiger partial charge < -0.3 is 14.9 Å². The van der Waals surface area contributed by atoms with E-state index in [0.29, 0.717) is 11.1 Å². The van der Waals surface area contributed by atoms with Crippen molar-refractivity contribution in [2.24, 2.45) is 0 Å². The van der Waals surface area contributed by atoms with E-state index in [-0.39, 0.29) is 5.56 Å². The third-order valence-corrected chi connectivity index (χ3v) is 4.14. The highest BCUT2D eigenvalue weighted by atomic mass is 35.5. The van der Waals surface area contributed by atoms with E-state index in [9.17, 15) is 4.79 Å². The zero-order chi connectivity index (χ0) is 14.0. The van der Waals surface area contributed by atoms with Crippen molar-refractivity contribution >= 4 is 23.3 Å². The molecule has 1 saturated heterocycles. The monoisotopic (exact) mass is 282 g/mol. The highest BCUT2D eigenvalue weighted by molar-refractivity contribution is 6.33. The Bertz CT molecular complexity index is 471. The summed E-state index contributed by atoms with van der Waals surface area (Å²) < 4.78 is 0. The average Bonchev–Trinajstić information content (AvgIpc) is 2.38. The van der Waals surface area contributed by atoms with Crippen LogP contribution in [0.25, 0.3) is 0 Å². The van der Waals surface area contributed by atoms with Gasteiger partial charge in [0.05, 0.1) is 10.6 Å². The molecular weight excluding hydrogens is 264 g/mol. The van der Waals surface area contributed by atoms with Gasteiger partial charge in [0.25, 0.3) is 0 Å². The Morgan fingerprint density at radius 3 is 2.58 bits per heavy atom. The van der Waals surface area contributed by atoms with Crippen molar-refractivity contribution < 1.29 is 9.90 Å². The molecule has 19 heavy (non-hydrogen) atoms. The summed E-state index contributed by atoms with van der Waals surface area (Å²) in [5, 5.41) is 9.27. The fourth-order valence-corrected chi connectivity index (χ4v) is 2.75. The zero-order valence-electron chi connectivity index (χ0n) is 11.3. The number of carboxylic acid groups (broad SMARTS) is 1. The number of likely N-dealkylation sites (tertiary alicyclic amines) is 1. The molecule has 2 rings (SSSR count). The molecule has 0 bridgehead atoms. The number of nitrogens with zero attached hydrogens (tertiary/aromatic N) is 2. The fraction of sp³-hybridized carbons (Fsp3) is 0.500. The van der Waals surface area contributed by atoms with Gasteiger partial charge in [-0.3, -0.25) is 0 Å². The van der Waals surface area contributed by atoms with E-state index in [1.807, 2.05) is 13.1 Å². The van der Waals surface area contributed by atoms with Gasteiger partial charge in [-0.1, -0.05) is 11.6 Å². The van der Waals surface area contributed by atoms with Crippen LogP contribution >= 0.6 is 11.6 Å². The van der Waals surface area contributed by atoms with Crippen LogP contribution in [-0.4, -0.2) is 49.2 Å². The molecule has 0 aliphatic carbocycles. The number of hydrogen-bond donors (Lipinski definition) is 1. The summed E-state index contributed by atoms with van der Waals surface area (Å²) in [6.07, 6.45) is 2.23. The van der Waals surface area contributed by atoms with Crippen molar-refractivity contribution in [3.8, 4) is 0 Å². The summed E-state index contributed by atoms with van der Waals surface area (Å²) in [7, 11) is 4.18. The molecule has 1 aromatic carbocycles. The third-order valence-electron chi connectivity index (χ3n) is 3.83. The second-order valence-electron chi connectivity index (χ2n) is 5.11. The van der Waals surface area contributed by atoms with Crippen LogP contribution in [0, 0.1) is 0 Å². The molecule has 1 aliphatic rings. The highest BCUT2D eigenvalue weighted by Crippen LogP contribution is 2.26. The summed E-state index contributed by atoms with van der Waals surface area (Å²) in [6.45, 7) is 2.19. The number of piperidine rings is 1.